The van der Waals surface area contributed by atoms with E-state index in [2.05, 4.69) is 36.9 Å². The fraction of sp³-hybridized carbons (Fsp3) is 0.240. The van der Waals surface area contributed by atoms with Gasteiger partial charge < -0.3 is 0 Å². The van der Waals surface area contributed by atoms with Crippen LogP contribution < -0.4 is 13.8 Å². The summed E-state index contributed by atoms with van der Waals surface area (Å²) in [5.41, 5.74) is 5.73. The molecule has 1 atom stereocenters. The fourth-order valence-corrected chi connectivity index (χ4v) is 6.93. The molecule has 1 aliphatic rings. The predicted molar refractivity (Wildman–Crippen MR) is 122 cm³/mol. The molecule has 0 amide bonds. The third-order valence-corrected chi connectivity index (χ3v) is 8.40. The Hall–Kier alpha value is -2.59. The van der Waals surface area contributed by atoms with E-state index in [9.17, 15) is 15.0 Å². The third kappa shape index (κ3) is 3.43. The van der Waals surface area contributed by atoms with Crippen LogP contribution in [0.5, 0.6) is 5.75 Å². The van der Waals surface area contributed by atoms with Crippen molar-refractivity contribution in [2.75, 3.05) is 18.0 Å². The number of nitrogens with zero attached hydrogens (tertiary/aromatic N) is 1. The second kappa shape index (κ2) is 8.65. The molecule has 2 N–H and O–H groups in total. The summed E-state index contributed by atoms with van der Waals surface area (Å²) in [5, 5.41) is 20.3. The SMILES string of the molecule is CCN(CC)c1ccc2c(c1)[Se]c1c(ccc(O)c1C=O)C2c1ccccc1CO. The van der Waals surface area contributed by atoms with Crippen LogP contribution in [0, 0.1) is 0 Å². The summed E-state index contributed by atoms with van der Waals surface area (Å²) in [7, 11) is 0. The first kappa shape index (κ1) is 20.7. The Balaban J connectivity index is 1.98. The fourth-order valence-electron chi connectivity index (χ4n) is 4.27. The second-order valence-corrected chi connectivity index (χ2v) is 9.53. The van der Waals surface area contributed by atoms with Gasteiger partial charge in [0.25, 0.3) is 0 Å². The summed E-state index contributed by atoms with van der Waals surface area (Å²) in [5.74, 6) is -0.0535. The van der Waals surface area contributed by atoms with Crippen molar-refractivity contribution >= 4 is 35.9 Å². The Kier molecular flexibility index (Phi) is 5.96. The second-order valence-electron chi connectivity index (χ2n) is 7.32. The minimum atomic E-state index is -0.104. The molecule has 154 valence electrons. The number of phenols is 1. The van der Waals surface area contributed by atoms with E-state index in [4.69, 9.17) is 0 Å². The summed E-state index contributed by atoms with van der Waals surface area (Å²) in [6.45, 7) is 6.10. The van der Waals surface area contributed by atoms with Crippen LogP contribution >= 0.6 is 0 Å². The molecule has 0 fully saturated rings. The summed E-state index contributed by atoms with van der Waals surface area (Å²) < 4.78 is 2.14. The van der Waals surface area contributed by atoms with Crippen LogP contribution in [-0.2, 0) is 6.61 Å². The maximum atomic E-state index is 11.8. The van der Waals surface area contributed by atoms with Crippen LogP contribution in [0.2, 0.25) is 0 Å². The van der Waals surface area contributed by atoms with Crippen LogP contribution in [0.4, 0.5) is 5.69 Å². The molecular formula is C25H25NO3Se. The zero-order valence-corrected chi connectivity index (χ0v) is 18.8. The number of hydrogen-bond acceptors (Lipinski definition) is 4. The number of aliphatic hydroxyl groups excluding tert-OH is 1. The molecule has 0 aliphatic carbocycles. The van der Waals surface area contributed by atoms with Crippen molar-refractivity contribution in [3.63, 3.8) is 0 Å². The zero-order chi connectivity index (χ0) is 21.3. The van der Waals surface area contributed by atoms with E-state index in [0.717, 1.165) is 40.5 Å². The molecule has 4 rings (SSSR count). The van der Waals surface area contributed by atoms with Gasteiger partial charge in [0.2, 0.25) is 0 Å². The number of anilines is 1. The van der Waals surface area contributed by atoms with Gasteiger partial charge in [-0.1, -0.05) is 0 Å². The van der Waals surface area contributed by atoms with Crippen LogP contribution in [-0.4, -0.2) is 44.5 Å². The van der Waals surface area contributed by atoms with E-state index in [1.54, 1.807) is 6.07 Å². The van der Waals surface area contributed by atoms with Gasteiger partial charge in [-0.25, -0.2) is 0 Å². The molecule has 1 unspecified atom stereocenters. The average molecular weight is 466 g/mol. The van der Waals surface area contributed by atoms with Crippen molar-refractivity contribution in [3.8, 4) is 5.75 Å². The van der Waals surface area contributed by atoms with E-state index < -0.39 is 0 Å². The molecule has 30 heavy (non-hydrogen) atoms. The predicted octanol–water partition coefficient (Wildman–Crippen LogP) is 2.69. The topological polar surface area (TPSA) is 60.8 Å². The number of aldehydes is 1. The number of carbonyl (C=O) groups excluding carboxylic acids is 1. The Morgan fingerprint density at radius 3 is 2.43 bits per heavy atom. The molecule has 5 heteroatoms. The van der Waals surface area contributed by atoms with Crippen LogP contribution in [0.15, 0.2) is 54.6 Å². The van der Waals surface area contributed by atoms with E-state index in [1.165, 1.54) is 15.7 Å². The summed E-state index contributed by atoms with van der Waals surface area (Å²) >= 11 is -0.104. The quantitative estimate of drug-likeness (QED) is 0.339. The molecule has 0 radical (unpaired) electrons. The normalized spacial score (nSPS) is 14.7. The minimum absolute atomic E-state index is 0.0307. The number of aliphatic hydroxyl groups is 1. The van der Waals surface area contributed by atoms with Gasteiger partial charge in [0.05, 0.1) is 0 Å². The van der Waals surface area contributed by atoms with E-state index in [-0.39, 0.29) is 33.2 Å². The number of phenolic OH excluding ortho intramolecular Hbond substituents is 1. The average Bonchev–Trinajstić information content (AvgIpc) is 2.78. The van der Waals surface area contributed by atoms with Gasteiger partial charge in [0.15, 0.2) is 0 Å². The Morgan fingerprint density at radius 2 is 1.73 bits per heavy atom. The van der Waals surface area contributed by atoms with Crippen molar-refractivity contribution < 1.29 is 15.0 Å². The number of hydrogen-bond donors (Lipinski definition) is 2. The Morgan fingerprint density at radius 1 is 1.00 bits per heavy atom. The van der Waals surface area contributed by atoms with Crippen LogP contribution in [0.3, 0.4) is 0 Å². The van der Waals surface area contributed by atoms with Gasteiger partial charge in [0, 0.05) is 0 Å². The zero-order valence-electron chi connectivity index (χ0n) is 17.1. The number of rotatable bonds is 6. The van der Waals surface area contributed by atoms with Gasteiger partial charge in [-0.05, 0) is 0 Å². The summed E-state index contributed by atoms with van der Waals surface area (Å²) in [4.78, 5) is 14.2. The Bertz CT molecular complexity index is 1090. The third-order valence-electron chi connectivity index (χ3n) is 5.82. The molecule has 3 aromatic carbocycles. The first-order valence-electron chi connectivity index (χ1n) is 10.2. The van der Waals surface area contributed by atoms with Crippen molar-refractivity contribution in [1.29, 1.82) is 0 Å². The van der Waals surface area contributed by atoms with Crippen LogP contribution in [0.25, 0.3) is 0 Å². The first-order valence-corrected chi connectivity index (χ1v) is 11.9. The molecule has 0 bridgehead atoms. The molecule has 0 aromatic heterocycles. The van der Waals surface area contributed by atoms with Crippen molar-refractivity contribution in [3.05, 3.63) is 82.4 Å². The molecule has 0 spiro atoms. The van der Waals surface area contributed by atoms with Gasteiger partial charge in [-0.15, -0.1) is 0 Å². The van der Waals surface area contributed by atoms with Gasteiger partial charge >= 0.3 is 183 Å². The first-order chi connectivity index (χ1) is 14.6. The summed E-state index contributed by atoms with van der Waals surface area (Å²) in [6.07, 6.45) is 0.768. The van der Waals surface area contributed by atoms with Gasteiger partial charge in [-0.2, -0.15) is 0 Å². The molecule has 1 aliphatic heterocycles. The van der Waals surface area contributed by atoms with E-state index in [0.29, 0.717) is 5.56 Å². The molecule has 1 heterocycles. The van der Waals surface area contributed by atoms with E-state index in [1.807, 2.05) is 30.3 Å². The Labute approximate surface area is 183 Å². The number of benzene rings is 3. The van der Waals surface area contributed by atoms with Crippen molar-refractivity contribution in [2.24, 2.45) is 0 Å². The molecule has 4 nitrogen and oxygen atoms in total. The van der Waals surface area contributed by atoms with E-state index >= 15 is 0 Å². The molecule has 0 saturated carbocycles. The monoisotopic (exact) mass is 467 g/mol. The molecular weight excluding hydrogens is 441 g/mol. The van der Waals surface area contributed by atoms with Crippen LogP contribution in [0.1, 0.15) is 52.4 Å². The maximum absolute atomic E-state index is 11.8. The number of fused-ring (bicyclic) bond motifs is 2. The van der Waals surface area contributed by atoms with Gasteiger partial charge in [0.1, 0.15) is 0 Å². The molecule has 0 saturated heterocycles. The summed E-state index contributed by atoms with van der Waals surface area (Å²) in [6, 6.07) is 18.1. The van der Waals surface area contributed by atoms with Crippen molar-refractivity contribution in [1.82, 2.24) is 0 Å². The van der Waals surface area contributed by atoms with Crippen molar-refractivity contribution in [2.45, 2.75) is 26.4 Å². The number of aromatic hydroxyl groups is 1. The standard InChI is InChI=1S/C25H25NO3Se/c1-3-26(4-2)17-9-10-19-23(13-17)30-25-20(11-12-22(29)21(25)15-28)24(19)18-8-6-5-7-16(18)14-27/h5-13,15,24,27,29H,3-4,14H2,1-2H3. The number of carbonyl (C=O) groups is 1. The molecule has 3 aromatic rings. The van der Waals surface area contributed by atoms with Gasteiger partial charge in [-0.3, -0.25) is 0 Å².